The number of carbonyl (C=O) groups is 1. The summed E-state index contributed by atoms with van der Waals surface area (Å²) in [5.74, 6) is 1.43. The summed E-state index contributed by atoms with van der Waals surface area (Å²) < 4.78 is 11.0. The first-order chi connectivity index (χ1) is 10.2. The third-order valence-corrected chi connectivity index (χ3v) is 3.48. The minimum Gasteiger partial charge on any atom is -0.494 e. The molecule has 0 aliphatic carbocycles. The first-order valence-electron chi connectivity index (χ1n) is 7.50. The van der Waals surface area contributed by atoms with Crippen molar-refractivity contribution in [2.45, 2.75) is 32.3 Å². The van der Waals surface area contributed by atoms with Gasteiger partial charge in [0.25, 0.3) is 5.91 Å². The first-order valence-corrected chi connectivity index (χ1v) is 7.50. The lowest BCUT2D eigenvalue weighted by Gasteiger charge is -2.29. The van der Waals surface area contributed by atoms with Gasteiger partial charge in [0, 0.05) is 13.1 Å². The second-order valence-electron chi connectivity index (χ2n) is 5.22. The molecular formula is C16H23NO4. The number of carbonyl (C=O) groups excluding carboxylic acids is 1. The Labute approximate surface area is 125 Å². The summed E-state index contributed by atoms with van der Waals surface area (Å²) in [6.07, 6.45) is 1.99. The van der Waals surface area contributed by atoms with Gasteiger partial charge < -0.3 is 19.5 Å². The van der Waals surface area contributed by atoms with E-state index in [2.05, 4.69) is 6.92 Å². The van der Waals surface area contributed by atoms with E-state index in [1.54, 1.807) is 17.0 Å². The molecule has 5 nitrogen and oxygen atoms in total. The number of rotatable bonds is 6. The van der Waals surface area contributed by atoms with Gasteiger partial charge in [0.15, 0.2) is 6.61 Å². The molecule has 116 valence electrons. The summed E-state index contributed by atoms with van der Waals surface area (Å²) in [6.45, 7) is 3.99. The molecule has 21 heavy (non-hydrogen) atoms. The zero-order chi connectivity index (χ0) is 15.1. The number of hydrogen-bond donors (Lipinski definition) is 1. The highest BCUT2D eigenvalue weighted by Crippen LogP contribution is 2.18. The third kappa shape index (κ3) is 4.93. The molecule has 0 atom stereocenters. The SMILES string of the molecule is CCCOc1ccc(OCC(=O)N2CCC(O)CC2)cc1. The number of aliphatic hydroxyl groups excluding tert-OH is 1. The number of amides is 1. The van der Waals surface area contributed by atoms with E-state index >= 15 is 0 Å². The maximum Gasteiger partial charge on any atom is 0.260 e. The molecule has 0 unspecified atom stereocenters. The highest BCUT2D eigenvalue weighted by molar-refractivity contribution is 5.77. The minimum atomic E-state index is -0.273. The van der Waals surface area contributed by atoms with Crippen LogP contribution >= 0.6 is 0 Å². The zero-order valence-electron chi connectivity index (χ0n) is 12.5. The van der Waals surface area contributed by atoms with Gasteiger partial charge in [0.2, 0.25) is 0 Å². The predicted molar refractivity (Wildman–Crippen MR) is 79.5 cm³/mol. The Balaban J connectivity index is 1.75. The highest BCUT2D eigenvalue weighted by Gasteiger charge is 2.21. The van der Waals surface area contributed by atoms with Gasteiger partial charge in [-0.3, -0.25) is 4.79 Å². The monoisotopic (exact) mass is 293 g/mol. The van der Waals surface area contributed by atoms with E-state index in [1.807, 2.05) is 12.1 Å². The van der Waals surface area contributed by atoms with Crippen LogP contribution in [-0.2, 0) is 4.79 Å². The normalized spacial score (nSPS) is 15.8. The summed E-state index contributed by atoms with van der Waals surface area (Å²) >= 11 is 0. The molecule has 1 heterocycles. The van der Waals surface area contributed by atoms with Crippen LogP contribution < -0.4 is 9.47 Å². The van der Waals surface area contributed by atoms with Crippen molar-refractivity contribution in [3.05, 3.63) is 24.3 Å². The van der Waals surface area contributed by atoms with Crippen molar-refractivity contribution >= 4 is 5.91 Å². The molecule has 5 heteroatoms. The van der Waals surface area contributed by atoms with Gasteiger partial charge in [-0.05, 0) is 43.5 Å². The molecule has 1 aliphatic heterocycles. The fraction of sp³-hybridized carbons (Fsp3) is 0.562. The lowest BCUT2D eigenvalue weighted by Crippen LogP contribution is -2.42. The smallest absolute Gasteiger partial charge is 0.260 e. The Bertz CT molecular complexity index is 438. The Morgan fingerprint density at radius 1 is 1.19 bits per heavy atom. The van der Waals surface area contributed by atoms with E-state index in [9.17, 15) is 9.90 Å². The second kappa shape index (κ2) is 7.88. The minimum absolute atomic E-state index is 0.0330. The molecule has 0 bridgehead atoms. The van der Waals surface area contributed by atoms with Crippen molar-refractivity contribution in [1.29, 1.82) is 0 Å². The van der Waals surface area contributed by atoms with Crippen molar-refractivity contribution in [2.24, 2.45) is 0 Å². The van der Waals surface area contributed by atoms with Crippen LogP contribution in [0.15, 0.2) is 24.3 Å². The average Bonchev–Trinajstić information content (AvgIpc) is 2.52. The van der Waals surface area contributed by atoms with Crippen LogP contribution in [0.5, 0.6) is 11.5 Å². The van der Waals surface area contributed by atoms with Crippen LogP contribution in [-0.4, -0.2) is 48.3 Å². The van der Waals surface area contributed by atoms with Crippen molar-refractivity contribution in [2.75, 3.05) is 26.3 Å². The third-order valence-electron chi connectivity index (χ3n) is 3.48. The molecule has 1 aromatic rings. The topological polar surface area (TPSA) is 59.0 Å². The molecule has 1 saturated heterocycles. The van der Waals surface area contributed by atoms with Crippen LogP contribution in [0.25, 0.3) is 0 Å². The summed E-state index contributed by atoms with van der Waals surface area (Å²) in [5, 5.41) is 9.42. The van der Waals surface area contributed by atoms with Crippen molar-refractivity contribution in [1.82, 2.24) is 4.90 Å². The quantitative estimate of drug-likeness (QED) is 0.869. The predicted octanol–water partition coefficient (Wildman–Crippen LogP) is 1.84. The van der Waals surface area contributed by atoms with Gasteiger partial charge in [-0.2, -0.15) is 0 Å². The van der Waals surface area contributed by atoms with E-state index < -0.39 is 0 Å². The average molecular weight is 293 g/mol. The number of ether oxygens (including phenoxy) is 2. The number of benzene rings is 1. The van der Waals surface area contributed by atoms with Crippen LogP contribution in [0, 0.1) is 0 Å². The fourth-order valence-electron chi connectivity index (χ4n) is 2.20. The van der Waals surface area contributed by atoms with Crippen LogP contribution in [0.3, 0.4) is 0 Å². The molecule has 1 amide bonds. The van der Waals surface area contributed by atoms with E-state index in [0.717, 1.165) is 12.2 Å². The van der Waals surface area contributed by atoms with Crippen LogP contribution in [0.2, 0.25) is 0 Å². The molecule has 1 fully saturated rings. The van der Waals surface area contributed by atoms with E-state index in [4.69, 9.17) is 9.47 Å². The summed E-state index contributed by atoms with van der Waals surface area (Å²) in [6, 6.07) is 7.29. The van der Waals surface area contributed by atoms with Crippen LogP contribution in [0.1, 0.15) is 26.2 Å². The van der Waals surface area contributed by atoms with Crippen molar-refractivity contribution in [3.63, 3.8) is 0 Å². The van der Waals surface area contributed by atoms with Gasteiger partial charge >= 0.3 is 0 Å². The second-order valence-corrected chi connectivity index (χ2v) is 5.22. The summed E-state index contributed by atoms with van der Waals surface area (Å²) in [5.41, 5.74) is 0. The molecule has 1 N–H and O–H groups in total. The largest absolute Gasteiger partial charge is 0.494 e. The molecule has 1 aromatic carbocycles. The van der Waals surface area contributed by atoms with Crippen molar-refractivity contribution < 1.29 is 19.4 Å². The lowest BCUT2D eigenvalue weighted by molar-refractivity contribution is -0.135. The number of likely N-dealkylation sites (tertiary alicyclic amines) is 1. The number of hydrogen-bond acceptors (Lipinski definition) is 4. The summed E-state index contributed by atoms with van der Waals surface area (Å²) in [4.78, 5) is 13.7. The molecule has 0 saturated carbocycles. The number of nitrogens with zero attached hydrogens (tertiary/aromatic N) is 1. The fourth-order valence-corrected chi connectivity index (χ4v) is 2.20. The first kappa shape index (κ1) is 15.6. The molecule has 0 radical (unpaired) electrons. The van der Waals surface area contributed by atoms with E-state index in [0.29, 0.717) is 38.3 Å². The van der Waals surface area contributed by atoms with Crippen LogP contribution in [0.4, 0.5) is 0 Å². The highest BCUT2D eigenvalue weighted by atomic mass is 16.5. The maximum atomic E-state index is 12.0. The Morgan fingerprint density at radius 2 is 1.76 bits per heavy atom. The van der Waals surface area contributed by atoms with E-state index in [-0.39, 0.29) is 18.6 Å². The van der Waals surface area contributed by atoms with Gasteiger partial charge in [-0.15, -0.1) is 0 Å². The zero-order valence-corrected chi connectivity index (χ0v) is 12.5. The van der Waals surface area contributed by atoms with Crippen molar-refractivity contribution in [3.8, 4) is 11.5 Å². The Morgan fingerprint density at radius 3 is 2.33 bits per heavy atom. The Kier molecular flexibility index (Phi) is 5.87. The van der Waals surface area contributed by atoms with Gasteiger partial charge in [-0.1, -0.05) is 6.92 Å². The standard InChI is InChI=1S/C16H23NO4/c1-2-11-20-14-3-5-15(6-4-14)21-12-16(19)17-9-7-13(18)8-10-17/h3-6,13,18H,2,7-12H2,1H3. The summed E-state index contributed by atoms with van der Waals surface area (Å²) in [7, 11) is 0. The molecule has 0 aromatic heterocycles. The molecular weight excluding hydrogens is 270 g/mol. The molecule has 2 rings (SSSR count). The van der Waals surface area contributed by atoms with Gasteiger partial charge in [0.05, 0.1) is 12.7 Å². The van der Waals surface area contributed by atoms with Gasteiger partial charge in [-0.25, -0.2) is 0 Å². The maximum absolute atomic E-state index is 12.0. The molecule has 0 spiro atoms. The molecule has 1 aliphatic rings. The lowest BCUT2D eigenvalue weighted by atomic mass is 10.1. The Hall–Kier alpha value is -1.75. The van der Waals surface area contributed by atoms with E-state index in [1.165, 1.54) is 0 Å². The number of aliphatic hydroxyl groups is 1. The van der Waals surface area contributed by atoms with Gasteiger partial charge in [0.1, 0.15) is 11.5 Å². The number of piperidine rings is 1.